The highest BCUT2D eigenvalue weighted by atomic mass is 32.2. The van der Waals surface area contributed by atoms with Gasteiger partial charge in [0.15, 0.2) is 11.0 Å². The second-order valence-corrected chi connectivity index (χ2v) is 7.39. The van der Waals surface area contributed by atoms with E-state index in [4.69, 9.17) is 4.74 Å². The summed E-state index contributed by atoms with van der Waals surface area (Å²) in [6.07, 6.45) is 1.60. The standard InChI is InChI=1S/C19H24N4O3S/c1-3-26-18(25)15-10-7-11-23(12-15)16(24)13-27-19-21-20-17(22(19)2)14-8-5-4-6-9-14/h4-6,8-9,15H,3,7,10-13H2,1-2H3/t15-/m1/s1. The second-order valence-electron chi connectivity index (χ2n) is 6.45. The summed E-state index contributed by atoms with van der Waals surface area (Å²) in [4.78, 5) is 26.3. The molecule has 1 aromatic heterocycles. The molecule has 1 amide bonds. The molecule has 0 radical (unpaired) electrons. The molecule has 0 N–H and O–H groups in total. The monoisotopic (exact) mass is 388 g/mol. The Morgan fingerprint density at radius 3 is 2.78 bits per heavy atom. The highest BCUT2D eigenvalue weighted by Crippen LogP contribution is 2.24. The van der Waals surface area contributed by atoms with Crippen LogP contribution in [0, 0.1) is 5.92 Å². The van der Waals surface area contributed by atoms with Gasteiger partial charge in [0, 0.05) is 25.7 Å². The van der Waals surface area contributed by atoms with Crippen molar-refractivity contribution in [2.45, 2.75) is 24.9 Å². The number of aromatic nitrogens is 3. The molecule has 1 saturated heterocycles. The SMILES string of the molecule is CCOC(=O)[C@@H]1CCCN(C(=O)CSc2nnc(-c3ccccc3)n2C)C1. The summed E-state index contributed by atoms with van der Waals surface area (Å²) >= 11 is 1.37. The highest BCUT2D eigenvalue weighted by molar-refractivity contribution is 7.99. The number of esters is 1. The zero-order valence-corrected chi connectivity index (χ0v) is 16.4. The van der Waals surface area contributed by atoms with Gasteiger partial charge in [0.2, 0.25) is 5.91 Å². The van der Waals surface area contributed by atoms with E-state index in [2.05, 4.69) is 10.2 Å². The summed E-state index contributed by atoms with van der Waals surface area (Å²) in [5, 5.41) is 9.14. The molecule has 1 atom stereocenters. The summed E-state index contributed by atoms with van der Waals surface area (Å²) in [7, 11) is 1.90. The van der Waals surface area contributed by atoms with Gasteiger partial charge in [-0.15, -0.1) is 10.2 Å². The molecular weight excluding hydrogens is 364 g/mol. The largest absolute Gasteiger partial charge is 0.466 e. The van der Waals surface area contributed by atoms with Gasteiger partial charge in [-0.3, -0.25) is 9.59 Å². The lowest BCUT2D eigenvalue weighted by molar-refractivity contribution is -0.151. The van der Waals surface area contributed by atoms with Gasteiger partial charge in [0.05, 0.1) is 18.3 Å². The molecule has 0 unspecified atom stereocenters. The van der Waals surface area contributed by atoms with Crippen LogP contribution in [-0.4, -0.2) is 57.0 Å². The maximum Gasteiger partial charge on any atom is 0.310 e. The van der Waals surface area contributed by atoms with Crippen molar-refractivity contribution in [2.24, 2.45) is 13.0 Å². The van der Waals surface area contributed by atoms with Gasteiger partial charge in [-0.25, -0.2) is 0 Å². The van der Waals surface area contributed by atoms with Crippen LogP contribution >= 0.6 is 11.8 Å². The predicted octanol–water partition coefficient (Wildman–Crippen LogP) is 2.38. The minimum atomic E-state index is -0.216. The second kappa shape index (κ2) is 9.03. The molecule has 1 fully saturated rings. The molecule has 1 aliphatic rings. The summed E-state index contributed by atoms with van der Waals surface area (Å²) in [5.41, 5.74) is 0.985. The van der Waals surface area contributed by atoms with Crippen molar-refractivity contribution in [1.82, 2.24) is 19.7 Å². The number of rotatable bonds is 6. The lowest BCUT2D eigenvalue weighted by Gasteiger charge is -2.31. The Hall–Kier alpha value is -2.35. The molecule has 0 saturated carbocycles. The molecule has 2 aromatic rings. The van der Waals surface area contributed by atoms with Crippen LogP contribution in [0.15, 0.2) is 35.5 Å². The molecule has 0 bridgehead atoms. The fourth-order valence-corrected chi connectivity index (χ4v) is 3.97. The Morgan fingerprint density at radius 2 is 2.04 bits per heavy atom. The van der Waals surface area contributed by atoms with Gasteiger partial charge in [-0.2, -0.15) is 0 Å². The number of thioether (sulfide) groups is 1. The van der Waals surface area contributed by atoms with E-state index in [1.807, 2.05) is 41.9 Å². The Kier molecular flexibility index (Phi) is 6.49. The third-order valence-electron chi connectivity index (χ3n) is 4.59. The van der Waals surface area contributed by atoms with Crippen LogP contribution in [-0.2, 0) is 21.4 Å². The van der Waals surface area contributed by atoms with E-state index >= 15 is 0 Å². The quantitative estimate of drug-likeness (QED) is 0.559. The molecule has 0 spiro atoms. The van der Waals surface area contributed by atoms with E-state index in [9.17, 15) is 9.59 Å². The maximum atomic E-state index is 12.6. The molecule has 144 valence electrons. The number of ether oxygens (including phenoxy) is 1. The minimum Gasteiger partial charge on any atom is -0.466 e. The third-order valence-corrected chi connectivity index (χ3v) is 5.59. The first-order valence-corrected chi connectivity index (χ1v) is 10.1. The zero-order valence-electron chi connectivity index (χ0n) is 15.6. The first-order chi connectivity index (χ1) is 13.1. The summed E-state index contributed by atoms with van der Waals surface area (Å²) < 4.78 is 6.99. The van der Waals surface area contributed by atoms with E-state index in [-0.39, 0.29) is 23.5 Å². The van der Waals surface area contributed by atoms with Gasteiger partial charge >= 0.3 is 5.97 Å². The van der Waals surface area contributed by atoms with Gasteiger partial charge < -0.3 is 14.2 Å². The Balaban J connectivity index is 1.58. The van der Waals surface area contributed by atoms with Gasteiger partial charge in [0.25, 0.3) is 0 Å². The maximum absolute atomic E-state index is 12.6. The van der Waals surface area contributed by atoms with Gasteiger partial charge in [-0.05, 0) is 19.8 Å². The lowest BCUT2D eigenvalue weighted by atomic mass is 9.98. The number of benzene rings is 1. The molecule has 0 aliphatic carbocycles. The van der Waals surface area contributed by atoms with Crippen molar-refractivity contribution in [3.05, 3.63) is 30.3 Å². The molecule has 7 nitrogen and oxygen atoms in total. The lowest BCUT2D eigenvalue weighted by Crippen LogP contribution is -2.43. The summed E-state index contributed by atoms with van der Waals surface area (Å²) in [6.45, 7) is 3.29. The number of amides is 1. The fraction of sp³-hybridized carbons (Fsp3) is 0.474. The first-order valence-electron chi connectivity index (χ1n) is 9.12. The molecule has 2 heterocycles. The van der Waals surface area contributed by atoms with Crippen molar-refractivity contribution in [3.8, 4) is 11.4 Å². The van der Waals surface area contributed by atoms with Crippen LogP contribution in [0.3, 0.4) is 0 Å². The average molecular weight is 388 g/mol. The van der Waals surface area contributed by atoms with Gasteiger partial charge in [-0.1, -0.05) is 42.1 Å². The zero-order chi connectivity index (χ0) is 19.2. The third kappa shape index (κ3) is 4.68. The Morgan fingerprint density at radius 1 is 1.26 bits per heavy atom. The van der Waals surface area contributed by atoms with Crippen LogP contribution in [0.25, 0.3) is 11.4 Å². The normalized spacial score (nSPS) is 17.0. The number of carbonyl (C=O) groups excluding carboxylic acids is 2. The van der Waals surface area contributed by atoms with Crippen LogP contribution in [0.4, 0.5) is 0 Å². The Labute approximate surface area is 163 Å². The smallest absolute Gasteiger partial charge is 0.310 e. The predicted molar refractivity (Wildman–Crippen MR) is 103 cm³/mol. The molecular formula is C19H24N4O3S. The number of nitrogens with zero attached hydrogens (tertiary/aromatic N) is 4. The van der Waals surface area contributed by atoms with E-state index in [1.54, 1.807) is 11.8 Å². The van der Waals surface area contributed by atoms with Crippen LogP contribution in [0.1, 0.15) is 19.8 Å². The summed E-state index contributed by atoms with van der Waals surface area (Å²) in [6, 6.07) is 9.82. The number of hydrogen-bond donors (Lipinski definition) is 0. The van der Waals surface area contributed by atoms with Crippen molar-refractivity contribution in [1.29, 1.82) is 0 Å². The van der Waals surface area contributed by atoms with Crippen molar-refractivity contribution >= 4 is 23.6 Å². The number of piperidine rings is 1. The number of hydrogen-bond acceptors (Lipinski definition) is 6. The molecule has 8 heteroatoms. The molecule has 1 aromatic carbocycles. The average Bonchev–Trinajstić information content (AvgIpc) is 3.07. The number of carbonyl (C=O) groups is 2. The van der Waals surface area contributed by atoms with Crippen LogP contribution in [0.5, 0.6) is 0 Å². The topological polar surface area (TPSA) is 77.3 Å². The Bertz CT molecular complexity index is 794. The van der Waals surface area contributed by atoms with Crippen molar-refractivity contribution in [3.63, 3.8) is 0 Å². The van der Waals surface area contributed by atoms with Crippen molar-refractivity contribution < 1.29 is 14.3 Å². The number of likely N-dealkylation sites (tertiary alicyclic amines) is 1. The highest BCUT2D eigenvalue weighted by Gasteiger charge is 2.29. The van der Waals surface area contributed by atoms with Crippen molar-refractivity contribution in [2.75, 3.05) is 25.4 Å². The van der Waals surface area contributed by atoms with Crippen LogP contribution < -0.4 is 0 Å². The van der Waals surface area contributed by atoms with E-state index in [1.165, 1.54) is 11.8 Å². The van der Waals surface area contributed by atoms with E-state index in [0.29, 0.717) is 24.9 Å². The minimum absolute atomic E-state index is 0.0123. The summed E-state index contributed by atoms with van der Waals surface area (Å²) in [5.74, 6) is 0.635. The van der Waals surface area contributed by atoms with E-state index in [0.717, 1.165) is 24.2 Å². The van der Waals surface area contributed by atoms with Gasteiger partial charge in [0.1, 0.15) is 0 Å². The first kappa shape index (κ1) is 19.4. The fourth-order valence-electron chi connectivity index (χ4n) is 3.15. The molecule has 3 rings (SSSR count). The van der Waals surface area contributed by atoms with E-state index < -0.39 is 0 Å². The van der Waals surface area contributed by atoms with Crippen LogP contribution in [0.2, 0.25) is 0 Å². The molecule has 27 heavy (non-hydrogen) atoms. The molecule has 1 aliphatic heterocycles.